The van der Waals surface area contributed by atoms with E-state index in [0.29, 0.717) is 0 Å². The van der Waals surface area contributed by atoms with Gasteiger partial charge < -0.3 is 9.46 Å². The number of hydrogen-bond acceptors (Lipinski definition) is 2. The van der Waals surface area contributed by atoms with Crippen molar-refractivity contribution in [1.82, 2.24) is 0 Å². The van der Waals surface area contributed by atoms with Gasteiger partial charge in [-0.2, -0.15) is 0 Å². The first-order valence-electron chi connectivity index (χ1n) is 10.4. The standard InChI is InChI=1S/C28H24NOP/c1-29(2)23-19-17-22(18-20-23)28-27(21-11-5-3-6-12-21)25-15-9-10-16-26(25)31(28,30)24-13-7-4-8-14-24/h3-20H,1-2H3. The molecule has 0 radical (unpaired) electrons. The molecular weight excluding hydrogens is 397 g/mol. The first kappa shape index (κ1) is 19.6. The van der Waals surface area contributed by atoms with E-state index in [1.165, 1.54) is 0 Å². The van der Waals surface area contributed by atoms with E-state index in [1.54, 1.807) is 0 Å². The molecule has 3 heteroatoms. The van der Waals surface area contributed by atoms with Crippen LogP contribution in [0.5, 0.6) is 0 Å². The Morgan fingerprint density at radius 2 is 1.19 bits per heavy atom. The zero-order chi connectivity index (χ0) is 21.4. The molecule has 0 amide bonds. The third kappa shape index (κ3) is 3.15. The molecule has 0 bridgehead atoms. The molecule has 1 unspecified atom stereocenters. The van der Waals surface area contributed by atoms with Gasteiger partial charge in [0.15, 0.2) is 7.14 Å². The van der Waals surface area contributed by atoms with Gasteiger partial charge in [0, 0.05) is 41.3 Å². The second kappa shape index (κ2) is 7.72. The molecule has 0 spiro atoms. The maximum absolute atomic E-state index is 15.1. The number of fused-ring (bicyclic) bond motifs is 1. The van der Waals surface area contributed by atoms with Gasteiger partial charge in [-0.3, -0.25) is 0 Å². The Morgan fingerprint density at radius 3 is 1.84 bits per heavy atom. The lowest BCUT2D eigenvalue weighted by Crippen LogP contribution is -2.15. The number of nitrogens with zero attached hydrogens (tertiary/aromatic N) is 1. The van der Waals surface area contributed by atoms with Crippen molar-refractivity contribution in [3.8, 4) is 0 Å². The van der Waals surface area contributed by atoms with E-state index in [1.807, 2.05) is 80.8 Å². The van der Waals surface area contributed by atoms with Gasteiger partial charge in [-0.1, -0.05) is 97.1 Å². The van der Waals surface area contributed by atoms with Crippen LogP contribution in [-0.4, -0.2) is 14.1 Å². The summed E-state index contributed by atoms with van der Waals surface area (Å²) in [6, 6.07) is 36.9. The minimum absolute atomic E-state index is 0.875. The molecule has 4 aromatic rings. The van der Waals surface area contributed by atoms with E-state index in [9.17, 15) is 0 Å². The normalized spacial score (nSPS) is 17.5. The number of anilines is 1. The highest BCUT2D eigenvalue weighted by molar-refractivity contribution is 7.88. The fraction of sp³-hybridized carbons (Fsp3) is 0.0714. The Morgan fingerprint density at radius 1 is 0.613 bits per heavy atom. The molecular formula is C28H24NOP. The summed E-state index contributed by atoms with van der Waals surface area (Å²) in [5, 5.41) is 2.73. The molecule has 1 aliphatic heterocycles. The van der Waals surface area contributed by atoms with Crippen molar-refractivity contribution in [3.05, 3.63) is 126 Å². The van der Waals surface area contributed by atoms with Gasteiger partial charge in [0.05, 0.1) is 0 Å². The number of rotatable bonds is 4. The van der Waals surface area contributed by atoms with Gasteiger partial charge in [-0.15, -0.1) is 0 Å². The van der Waals surface area contributed by atoms with Crippen molar-refractivity contribution in [2.45, 2.75) is 0 Å². The van der Waals surface area contributed by atoms with Crippen LogP contribution in [0, 0.1) is 0 Å². The van der Waals surface area contributed by atoms with Crippen LogP contribution in [0.1, 0.15) is 16.7 Å². The summed E-state index contributed by atoms with van der Waals surface area (Å²) >= 11 is 0. The van der Waals surface area contributed by atoms with Gasteiger partial charge in [-0.05, 0) is 28.8 Å². The van der Waals surface area contributed by atoms with Crippen LogP contribution >= 0.6 is 7.14 Å². The Kier molecular flexibility index (Phi) is 4.88. The van der Waals surface area contributed by atoms with E-state index < -0.39 is 7.14 Å². The lowest BCUT2D eigenvalue weighted by atomic mass is 9.96. The molecule has 0 saturated heterocycles. The summed E-state index contributed by atoms with van der Waals surface area (Å²) in [6.07, 6.45) is 0. The smallest absolute Gasteiger partial charge is 0.172 e. The van der Waals surface area contributed by atoms with E-state index in [4.69, 9.17) is 0 Å². The first-order chi connectivity index (χ1) is 15.1. The molecule has 0 saturated carbocycles. The Hall–Kier alpha value is -3.35. The van der Waals surface area contributed by atoms with Crippen molar-refractivity contribution < 1.29 is 4.57 Å². The highest BCUT2D eigenvalue weighted by atomic mass is 31.2. The topological polar surface area (TPSA) is 20.3 Å². The fourth-order valence-corrected chi connectivity index (χ4v) is 7.68. The average Bonchev–Trinajstić information content (AvgIpc) is 3.10. The molecule has 0 aromatic heterocycles. The van der Waals surface area contributed by atoms with Crippen LogP contribution in [0.25, 0.3) is 10.9 Å². The minimum atomic E-state index is -3.04. The van der Waals surface area contributed by atoms with Crippen molar-refractivity contribution in [1.29, 1.82) is 0 Å². The van der Waals surface area contributed by atoms with Crippen molar-refractivity contribution in [2.75, 3.05) is 19.0 Å². The predicted molar refractivity (Wildman–Crippen MR) is 133 cm³/mol. The Bertz CT molecular complexity index is 1310. The van der Waals surface area contributed by atoms with E-state index in [-0.39, 0.29) is 0 Å². The highest BCUT2D eigenvalue weighted by Crippen LogP contribution is 2.65. The predicted octanol–water partition coefficient (Wildman–Crippen LogP) is 6.00. The summed E-state index contributed by atoms with van der Waals surface area (Å²) in [7, 11) is 1.02. The maximum Gasteiger partial charge on any atom is 0.172 e. The SMILES string of the molecule is CN(C)c1ccc(C2=C(c3ccccc3)c3ccccc3P2(=O)c2ccccc2)cc1. The first-order valence-corrected chi connectivity index (χ1v) is 12.1. The molecule has 0 aliphatic carbocycles. The van der Waals surface area contributed by atoms with Crippen molar-refractivity contribution >= 4 is 34.3 Å². The molecule has 0 fully saturated rings. The fourth-order valence-electron chi connectivity index (χ4n) is 4.41. The molecule has 1 atom stereocenters. The van der Waals surface area contributed by atoms with E-state index in [0.717, 1.165) is 43.9 Å². The largest absolute Gasteiger partial charge is 0.378 e. The van der Waals surface area contributed by atoms with E-state index in [2.05, 4.69) is 47.4 Å². The highest BCUT2D eigenvalue weighted by Gasteiger charge is 2.43. The van der Waals surface area contributed by atoms with Crippen molar-refractivity contribution in [2.24, 2.45) is 0 Å². The third-order valence-corrected chi connectivity index (χ3v) is 9.11. The van der Waals surface area contributed by atoms with Crippen LogP contribution in [0.15, 0.2) is 109 Å². The van der Waals surface area contributed by atoms with Crippen LogP contribution in [0.3, 0.4) is 0 Å². The van der Waals surface area contributed by atoms with Gasteiger partial charge in [0.25, 0.3) is 0 Å². The molecule has 2 nitrogen and oxygen atoms in total. The summed E-state index contributed by atoms with van der Waals surface area (Å²) in [5.41, 5.74) is 5.35. The summed E-state index contributed by atoms with van der Waals surface area (Å²) in [4.78, 5) is 2.08. The molecule has 152 valence electrons. The third-order valence-electron chi connectivity index (χ3n) is 5.90. The summed E-state index contributed by atoms with van der Waals surface area (Å²) in [6.45, 7) is 0. The molecule has 1 heterocycles. The monoisotopic (exact) mass is 421 g/mol. The van der Waals surface area contributed by atoms with E-state index >= 15 is 4.57 Å². The molecule has 1 aliphatic rings. The Balaban J connectivity index is 1.87. The van der Waals surface area contributed by atoms with Crippen LogP contribution in [0.4, 0.5) is 5.69 Å². The summed E-state index contributed by atoms with van der Waals surface area (Å²) < 4.78 is 15.1. The molecule has 4 aromatic carbocycles. The maximum atomic E-state index is 15.1. The van der Waals surface area contributed by atoms with Crippen LogP contribution in [-0.2, 0) is 4.57 Å². The minimum Gasteiger partial charge on any atom is -0.378 e. The molecule has 5 rings (SSSR count). The van der Waals surface area contributed by atoms with Gasteiger partial charge >= 0.3 is 0 Å². The Labute approximate surface area is 183 Å². The second-order valence-electron chi connectivity index (χ2n) is 7.99. The van der Waals surface area contributed by atoms with Gasteiger partial charge in [0.2, 0.25) is 0 Å². The quantitative estimate of drug-likeness (QED) is 0.377. The van der Waals surface area contributed by atoms with Crippen LogP contribution in [0.2, 0.25) is 0 Å². The number of hydrogen-bond donors (Lipinski definition) is 0. The van der Waals surface area contributed by atoms with Crippen LogP contribution < -0.4 is 15.5 Å². The lowest BCUT2D eigenvalue weighted by Gasteiger charge is -2.20. The summed E-state index contributed by atoms with van der Waals surface area (Å²) in [5.74, 6) is 0. The second-order valence-corrected chi connectivity index (χ2v) is 10.7. The molecule has 31 heavy (non-hydrogen) atoms. The zero-order valence-corrected chi connectivity index (χ0v) is 18.6. The van der Waals surface area contributed by atoms with Crippen molar-refractivity contribution in [3.63, 3.8) is 0 Å². The average molecular weight is 421 g/mol. The number of benzene rings is 4. The lowest BCUT2D eigenvalue weighted by molar-refractivity contribution is 0.593. The van der Waals surface area contributed by atoms with Gasteiger partial charge in [-0.25, -0.2) is 0 Å². The van der Waals surface area contributed by atoms with Gasteiger partial charge in [0.1, 0.15) is 0 Å². The molecule has 0 N–H and O–H groups in total. The zero-order valence-electron chi connectivity index (χ0n) is 17.7.